The zero-order chi connectivity index (χ0) is 13.2. The summed E-state index contributed by atoms with van der Waals surface area (Å²) in [7, 11) is 0. The van der Waals surface area contributed by atoms with Crippen LogP contribution in [-0.2, 0) is 12.2 Å². The molecule has 98 valence electrons. The normalized spacial score (nSPS) is 13.9. The minimum Gasteiger partial charge on any atom is -0.384 e. The Kier molecular flexibility index (Phi) is 3.44. The van der Waals surface area contributed by atoms with Crippen molar-refractivity contribution in [3.63, 3.8) is 0 Å². The predicted molar refractivity (Wildman–Crippen MR) is 80.8 cm³/mol. The van der Waals surface area contributed by atoms with Crippen molar-refractivity contribution in [1.29, 1.82) is 0 Å². The fraction of sp³-hybridized carbons (Fsp3) is 0.231. The van der Waals surface area contributed by atoms with Gasteiger partial charge in [-0.1, -0.05) is 0 Å². The SMILES string of the molecule is Nc1ccc(NC(=O)c2cc3c(s2)CCSC3)cn1. The van der Waals surface area contributed by atoms with Gasteiger partial charge in [-0.25, -0.2) is 4.98 Å². The fourth-order valence-electron chi connectivity index (χ4n) is 1.93. The van der Waals surface area contributed by atoms with Gasteiger partial charge in [0, 0.05) is 10.6 Å². The van der Waals surface area contributed by atoms with Crippen molar-refractivity contribution < 1.29 is 4.79 Å². The van der Waals surface area contributed by atoms with Crippen LogP contribution in [-0.4, -0.2) is 16.6 Å². The van der Waals surface area contributed by atoms with E-state index in [0.29, 0.717) is 11.5 Å². The number of hydrogen-bond donors (Lipinski definition) is 2. The molecule has 3 N–H and O–H groups in total. The molecule has 3 rings (SSSR count). The Morgan fingerprint density at radius 3 is 3.05 bits per heavy atom. The number of anilines is 2. The van der Waals surface area contributed by atoms with E-state index in [1.165, 1.54) is 10.4 Å². The summed E-state index contributed by atoms with van der Waals surface area (Å²) in [5.41, 5.74) is 7.48. The number of thiophene rings is 1. The van der Waals surface area contributed by atoms with Crippen LogP contribution in [0.25, 0.3) is 0 Å². The minimum atomic E-state index is -0.0732. The summed E-state index contributed by atoms with van der Waals surface area (Å²) < 4.78 is 0. The Labute approximate surface area is 119 Å². The van der Waals surface area contributed by atoms with Gasteiger partial charge in [0.1, 0.15) is 5.82 Å². The number of nitrogens with one attached hydrogen (secondary N) is 1. The summed E-state index contributed by atoms with van der Waals surface area (Å²) in [5.74, 6) is 2.54. The molecular formula is C13H13N3OS2. The van der Waals surface area contributed by atoms with Gasteiger partial charge in [-0.2, -0.15) is 11.8 Å². The van der Waals surface area contributed by atoms with Gasteiger partial charge >= 0.3 is 0 Å². The van der Waals surface area contributed by atoms with E-state index >= 15 is 0 Å². The quantitative estimate of drug-likeness (QED) is 0.892. The van der Waals surface area contributed by atoms with Crippen LogP contribution in [0.3, 0.4) is 0 Å². The summed E-state index contributed by atoms with van der Waals surface area (Å²) in [5, 5.41) is 2.84. The smallest absolute Gasteiger partial charge is 0.265 e. The van der Waals surface area contributed by atoms with Gasteiger partial charge in [0.05, 0.1) is 16.8 Å². The summed E-state index contributed by atoms with van der Waals surface area (Å²) in [6.45, 7) is 0. The van der Waals surface area contributed by atoms with E-state index in [0.717, 1.165) is 22.8 Å². The van der Waals surface area contributed by atoms with Crippen LogP contribution in [0.5, 0.6) is 0 Å². The minimum absolute atomic E-state index is 0.0732. The van der Waals surface area contributed by atoms with Crippen LogP contribution in [0.15, 0.2) is 24.4 Å². The summed E-state index contributed by atoms with van der Waals surface area (Å²) >= 11 is 3.51. The van der Waals surface area contributed by atoms with Crippen molar-refractivity contribution in [2.75, 3.05) is 16.8 Å². The first-order valence-electron chi connectivity index (χ1n) is 5.94. The molecule has 0 unspecified atom stereocenters. The Balaban J connectivity index is 1.76. The lowest BCUT2D eigenvalue weighted by atomic mass is 10.2. The average molecular weight is 291 g/mol. The maximum atomic E-state index is 12.2. The maximum Gasteiger partial charge on any atom is 0.265 e. The Hall–Kier alpha value is -1.53. The zero-order valence-corrected chi connectivity index (χ0v) is 11.8. The van der Waals surface area contributed by atoms with Gasteiger partial charge in [0.25, 0.3) is 5.91 Å². The average Bonchev–Trinajstić information content (AvgIpc) is 2.85. The van der Waals surface area contributed by atoms with Crippen LogP contribution in [0.2, 0.25) is 0 Å². The first kappa shape index (κ1) is 12.5. The molecule has 0 radical (unpaired) electrons. The molecule has 1 aliphatic rings. The molecule has 4 nitrogen and oxygen atoms in total. The second-order valence-electron chi connectivity index (χ2n) is 4.29. The Bertz CT molecular complexity index is 583. The van der Waals surface area contributed by atoms with Gasteiger partial charge in [0.15, 0.2) is 0 Å². The second-order valence-corrected chi connectivity index (χ2v) is 6.53. The number of rotatable bonds is 2. The predicted octanol–water partition coefficient (Wildman–Crippen LogP) is 2.77. The summed E-state index contributed by atoms with van der Waals surface area (Å²) in [6.07, 6.45) is 2.64. The molecule has 0 bridgehead atoms. The highest BCUT2D eigenvalue weighted by Gasteiger charge is 2.17. The number of carbonyl (C=O) groups excluding carboxylic acids is 1. The van der Waals surface area contributed by atoms with Crippen LogP contribution >= 0.6 is 23.1 Å². The zero-order valence-electron chi connectivity index (χ0n) is 10.2. The molecule has 0 atom stereocenters. The number of carbonyl (C=O) groups is 1. The summed E-state index contributed by atoms with van der Waals surface area (Å²) in [4.78, 5) is 18.2. The van der Waals surface area contributed by atoms with E-state index in [-0.39, 0.29) is 5.91 Å². The second kappa shape index (κ2) is 5.22. The third-order valence-electron chi connectivity index (χ3n) is 2.90. The van der Waals surface area contributed by atoms with Gasteiger partial charge in [-0.3, -0.25) is 4.79 Å². The van der Waals surface area contributed by atoms with Gasteiger partial charge in [-0.05, 0) is 35.9 Å². The molecule has 1 amide bonds. The Morgan fingerprint density at radius 2 is 2.32 bits per heavy atom. The van der Waals surface area contributed by atoms with Crippen LogP contribution in [0.4, 0.5) is 11.5 Å². The van der Waals surface area contributed by atoms with Crippen molar-refractivity contribution in [2.24, 2.45) is 0 Å². The molecule has 1 aliphatic heterocycles. The highest BCUT2D eigenvalue weighted by atomic mass is 32.2. The topological polar surface area (TPSA) is 68.0 Å². The molecule has 19 heavy (non-hydrogen) atoms. The number of nitrogens with two attached hydrogens (primary N) is 1. The number of fused-ring (bicyclic) bond motifs is 1. The van der Waals surface area contributed by atoms with E-state index in [4.69, 9.17) is 5.73 Å². The number of amides is 1. The highest BCUT2D eigenvalue weighted by molar-refractivity contribution is 7.98. The van der Waals surface area contributed by atoms with E-state index in [1.54, 1.807) is 29.7 Å². The highest BCUT2D eigenvalue weighted by Crippen LogP contribution is 2.32. The molecule has 2 aromatic heterocycles. The lowest BCUT2D eigenvalue weighted by Crippen LogP contribution is -2.10. The third kappa shape index (κ3) is 2.74. The third-order valence-corrected chi connectivity index (χ3v) is 5.14. The van der Waals surface area contributed by atoms with Crippen LogP contribution in [0, 0.1) is 0 Å². The molecule has 6 heteroatoms. The number of thioether (sulfide) groups is 1. The first-order valence-corrected chi connectivity index (χ1v) is 7.92. The number of nitrogen functional groups attached to an aromatic ring is 1. The molecular weight excluding hydrogens is 278 g/mol. The standard InChI is InChI=1S/C13H13N3OS2/c14-12-2-1-9(6-15-12)16-13(17)11-5-8-7-18-4-3-10(8)19-11/h1-2,5-6H,3-4,7H2,(H2,14,15)(H,16,17). The lowest BCUT2D eigenvalue weighted by Gasteiger charge is -2.08. The van der Waals surface area contributed by atoms with Crippen molar-refractivity contribution >= 4 is 40.5 Å². The summed E-state index contributed by atoms with van der Waals surface area (Å²) in [6, 6.07) is 5.43. The number of aromatic nitrogens is 1. The fourth-order valence-corrected chi connectivity index (χ4v) is 4.20. The Morgan fingerprint density at radius 1 is 1.42 bits per heavy atom. The molecule has 0 spiro atoms. The number of nitrogens with zero attached hydrogens (tertiary/aromatic N) is 1. The van der Waals surface area contributed by atoms with Gasteiger partial charge in [-0.15, -0.1) is 11.3 Å². The monoisotopic (exact) mass is 291 g/mol. The van der Waals surface area contributed by atoms with Crippen LogP contribution in [0.1, 0.15) is 20.1 Å². The van der Waals surface area contributed by atoms with Crippen molar-refractivity contribution in [3.8, 4) is 0 Å². The van der Waals surface area contributed by atoms with E-state index in [9.17, 15) is 4.79 Å². The molecule has 3 heterocycles. The molecule has 2 aromatic rings. The van der Waals surface area contributed by atoms with Crippen molar-refractivity contribution in [1.82, 2.24) is 4.98 Å². The largest absolute Gasteiger partial charge is 0.384 e. The molecule has 0 aromatic carbocycles. The lowest BCUT2D eigenvalue weighted by molar-refractivity contribution is 0.103. The van der Waals surface area contributed by atoms with E-state index < -0.39 is 0 Å². The molecule has 0 saturated carbocycles. The number of hydrogen-bond acceptors (Lipinski definition) is 5. The van der Waals surface area contributed by atoms with E-state index in [2.05, 4.69) is 10.3 Å². The molecule has 0 aliphatic carbocycles. The van der Waals surface area contributed by atoms with Crippen molar-refractivity contribution in [3.05, 3.63) is 39.7 Å². The molecule has 0 saturated heterocycles. The number of aryl methyl sites for hydroxylation is 1. The van der Waals surface area contributed by atoms with Gasteiger partial charge in [0.2, 0.25) is 0 Å². The molecule has 0 fully saturated rings. The van der Waals surface area contributed by atoms with Crippen molar-refractivity contribution in [2.45, 2.75) is 12.2 Å². The maximum absolute atomic E-state index is 12.2. The van der Waals surface area contributed by atoms with E-state index in [1.807, 2.05) is 17.8 Å². The van der Waals surface area contributed by atoms with Gasteiger partial charge < -0.3 is 11.1 Å². The first-order chi connectivity index (χ1) is 9.22. The van der Waals surface area contributed by atoms with Crippen LogP contribution < -0.4 is 11.1 Å². The number of pyridine rings is 1.